The number of nitrogens with zero attached hydrogens (tertiary/aromatic N) is 4. The highest BCUT2D eigenvalue weighted by molar-refractivity contribution is 5.96. The Bertz CT molecular complexity index is 1610. The largest absolute Gasteiger partial charge is 0.504 e. The summed E-state index contributed by atoms with van der Waals surface area (Å²) >= 11 is 0. The number of nitrogens with two attached hydrogens (primary N) is 2. The number of amides is 2. The number of aliphatic imine (C=N–C) groups is 1. The average Bonchev–Trinajstić information content (AvgIpc) is 3.80. The smallest absolute Gasteiger partial charge is 0.414 e. The number of phenols is 1. The zero-order valence-corrected chi connectivity index (χ0v) is 28.7. The van der Waals surface area contributed by atoms with Crippen molar-refractivity contribution < 1.29 is 44.0 Å². The first-order valence-electron chi connectivity index (χ1n) is 17.4. The standard InChI is InChI=1S/C35H48N6O9/c1-39(31(46)22(4-3-12-38-32(36)37)16-23(42)18-27(44)45)14-15-40(2)33(47)49-25-9-10-35(48)26-17-21-7-8-24(43)29-28(21)34(35,30(25)50-29)11-13-41(26)19-20-5-6-20/h7-9,20,22,26,30,43,48H,3-6,10-19H2,1-2H3,(H,44,45)(H4,36,37,38)/t22-,26-,30+,34+,35-/m1/s1. The number of ketones is 1. The van der Waals surface area contributed by atoms with E-state index in [1.54, 1.807) is 26.2 Å². The van der Waals surface area contributed by atoms with E-state index in [9.17, 15) is 29.4 Å². The summed E-state index contributed by atoms with van der Waals surface area (Å²) in [6.07, 6.45) is 3.93. The number of benzene rings is 1. The number of carboxylic acid groups (broad SMARTS) is 1. The third-order valence-corrected chi connectivity index (χ3v) is 11.2. The molecule has 15 heteroatoms. The fourth-order valence-electron chi connectivity index (χ4n) is 8.53. The van der Waals surface area contributed by atoms with Gasteiger partial charge in [-0.15, -0.1) is 0 Å². The minimum Gasteiger partial charge on any atom is -0.504 e. The first-order chi connectivity index (χ1) is 23.7. The molecule has 1 aromatic carbocycles. The van der Waals surface area contributed by atoms with Crippen LogP contribution in [0.4, 0.5) is 4.79 Å². The van der Waals surface area contributed by atoms with Crippen LogP contribution in [0, 0.1) is 11.8 Å². The maximum Gasteiger partial charge on any atom is 0.414 e. The predicted molar refractivity (Wildman–Crippen MR) is 180 cm³/mol. The van der Waals surface area contributed by atoms with Crippen LogP contribution in [-0.2, 0) is 31.0 Å². The van der Waals surface area contributed by atoms with Crippen molar-refractivity contribution in [2.75, 3.05) is 46.8 Å². The normalized spacial score (nSPS) is 26.5. The minimum absolute atomic E-state index is 0.0107. The van der Waals surface area contributed by atoms with E-state index in [1.165, 1.54) is 22.6 Å². The number of likely N-dealkylation sites (N-methyl/N-ethyl adjacent to an activating group) is 2. The number of aliphatic carboxylic acids is 1. The summed E-state index contributed by atoms with van der Waals surface area (Å²) in [6.45, 7) is 2.17. The number of carbonyl (C=O) groups excluding carboxylic acids is 3. The Morgan fingerprint density at radius 1 is 1.16 bits per heavy atom. The van der Waals surface area contributed by atoms with Crippen molar-refractivity contribution in [2.24, 2.45) is 28.3 Å². The molecular formula is C35H48N6O9. The molecule has 0 radical (unpaired) electrons. The first-order valence-corrected chi connectivity index (χ1v) is 17.4. The summed E-state index contributed by atoms with van der Waals surface area (Å²) in [5.74, 6) is -1.79. The molecule has 2 fully saturated rings. The van der Waals surface area contributed by atoms with Gasteiger partial charge in [-0.3, -0.25) is 24.3 Å². The zero-order chi connectivity index (χ0) is 36.0. The lowest BCUT2D eigenvalue weighted by atomic mass is 9.50. The minimum atomic E-state index is -1.26. The highest BCUT2D eigenvalue weighted by Crippen LogP contribution is 2.65. The molecule has 15 nitrogen and oxygen atoms in total. The maximum absolute atomic E-state index is 13.5. The fourth-order valence-corrected chi connectivity index (χ4v) is 8.53. The lowest BCUT2D eigenvalue weighted by molar-refractivity contribution is -0.169. The van der Waals surface area contributed by atoms with E-state index in [0.717, 1.165) is 24.2 Å². The molecule has 2 aliphatic heterocycles. The van der Waals surface area contributed by atoms with Crippen LogP contribution in [0.2, 0.25) is 0 Å². The number of likely N-dealkylation sites (tertiary alicyclic amines) is 1. The summed E-state index contributed by atoms with van der Waals surface area (Å²) < 4.78 is 12.4. The predicted octanol–water partition coefficient (Wildman–Crippen LogP) is 1.08. The van der Waals surface area contributed by atoms with Crippen molar-refractivity contribution in [3.63, 3.8) is 0 Å². The number of carbonyl (C=O) groups is 4. The van der Waals surface area contributed by atoms with Gasteiger partial charge in [0.25, 0.3) is 0 Å². The van der Waals surface area contributed by atoms with E-state index in [1.807, 2.05) is 6.07 Å². The van der Waals surface area contributed by atoms with Crippen LogP contribution in [-0.4, -0.2) is 124 Å². The molecule has 7 N–H and O–H groups in total. The second kappa shape index (κ2) is 13.7. The lowest BCUT2D eigenvalue weighted by Crippen LogP contribution is -2.75. The molecule has 6 rings (SSSR count). The Balaban J connectivity index is 1.12. The van der Waals surface area contributed by atoms with Gasteiger partial charge in [0.2, 0.25) is 5.91 Å². The Morgan fingerprint density at radius 3 is 2.60 bits per heavy atom. The van der Waals surface area contributed by atoms with E-state index in [-0.39, 0.29) is 68.3 Å². The van der Waals surface area contributed by atoms with Crippen molar-refractivity contribution in [3.05, 3.63) is 35.1 Å². The highest BCUT2D eigenvalue weighted by atomic mass is 16.6. The number of aromatic hydroxyl groups is 1. The van der Waals surface area contributed by atoms with Crippen molar-refractivity contribution in [1.82, 2.24) is 14.7 Å². The van der Waals surface area contributed by atoms with Crippen molar-refractivity contribution in [2.45, 2.75) is 80.9 Å². The molecule has 2 bridgehead atoms. The molecule has 50 heavy (non-hydrogen) atoms. The van der Waals surface area contributed by atoms with Gasteiger partial charge in [-0.05, 0) is 68.7 Å². The molecule has 1 aromatic rings. The SMILES string of the molecule is CN(CCN(C)C(=O)[C@H](CCCN=C(N)N)CC(=O)CC(=O)O)C(=O)OC1=CC[C@@]2(O)[C@H]3Cc4ccc(O)c5c4[C@@]2(CCN3CC2CC2)[C@H]1O5. The molecule has 2 heterocycles. The van der Waals surface area contributed by atoms with Crippen molar-refractivity contribution in [1.29, 1.82) is 0 Å². The molecule has 3 aliphatic carbocycles. The quantitative estimate of drug-likeness (QED) is 0.0753. The third-order valence-electron chi connectivity index (χ3n) is 11.2. The van der Waals surface area contributed by atoms with Gasteiger partial charge in [-0.1, -0.05) is 6.07 Å². The lowest BCUT2D eigenvalue weighted by Gasteiger charge is -2.62. The fraction of sp³-hybridized carbons (Fsp3) is 0.629. The van der Waals surface area contributed by atoms with Crippen LogP contribution in [0.3, 0.4) is 0 Å². The van der Waals surface area contributed by atoms with Gasteiger partial charge in [-0.2, -0.15) is 0 Å². The van der Waals surface area contributed by atoms with Crippen molar-refractivity contribution >= 4 is 29.7 Å². The van der Waals surface area contributed by atoms with E-state index >= 15 is 0 Å². The number of aliphatic hydroxyl groups is 1. The second-order valence-corrected chi connectivity index (χ2v) is 14.6. The number of phenolic OH excluding ortho intramolecular Hbond substituents is 1. The number of piperidine rings is 1. The van der Waals surface area contributed by atoms with Crippen LogP contribution in [0.1, 0.15) is 62.5 Å². The second-order valence-electron chi connectivity index (χ2n) is 14.6. The molecule has 0 unspecified atom stereocenters. The maximum atomic E-state index is 13.5. The molecule has 1 saturated carbocycles. The number of hydrogen-bond acceptors (Lipinski definition) is 10. The summed E-state index contributed by atoms with van der Waals surface area (Å²) in [7, 11) is 3.10. The highest BCUT2D eigenvalue weighted by Gasteiger charge is 2.72. The van der Waals surface area contributed by atoms with Gasteiger partial charge >= 0.3 is 12.1 Å². The topological polar surface area (TPSA) is 222 Å². The summed E-state index contributed by atoms with van der Waals surface area (Å²) in [4.78, 5) is 59.3. The van der Waals surface area contributed by atoms with E-state index in [0.29, 0.717) is 30.9 Å². The van der Waals surface area contributed by atoms with Gasteiger partial charge in [0.1, 0.15) is 18.0 Å². The Kier molecular flexibility index (Phi) is 9.74. The number of hydrogen-bond donors (Lipinski definition) is 5. The van der Waals surface area contributed by atoms with E-state index in [2.05, 4.69) is 9.89 Å². The van der Waals surface area contributed by atoms with E-state index < -0.39 is 47.3 Å². The Labute approximate surface area is 290 Å². The van der Waals surface area contributed by atoms with Gasteiger partial charge in [0.05, 0.1) is 11.0 Å². The van der Waals surface area contributed by atoms with Gasteiger partial charge < -0.3 is 46.1 Å². The first kappa shape index (κ1) is 35.5. The van der Waals surface area contributed by atoms with E-state index in [4.69, 9.17) is 26.0 Å². The molecule has 5 aliphatic rings. The van der Waals surface area contributed by atoms with Gasteiger partial charge in [-0.25, -0.2) is 4.79 Å². The number of Topliss-reactive ketones (excluding diaryl/α,β-unsaturated/α-hetero) is 1. The van der Waals surface area contributed by atoms with Crippen LogP contribution >= 0.6 is 0 Å². The van der Waals surface area contributed by atoms with Gasteiger partial charge in [0, 0.05) is 70.6 Å². The molecule has 2 amide bonds. The molecule has 272 valence electrons. The number of carboxylic acids is 1. The number of ether oxygens (including phenoxy) is 2. The number of guanidine groups is 1. The monoisotopic (exact) mass is 696 g/mol. The third kappa shape index (κ3) is 6.48. The number of rotatable bonds is 15. The van der Waals surface area contributed by atoms with Crippen LogP contribution in [0.15, 0.2) is 29.0 Å². The Hall–Kier alpha value is -4.37. The summed E-state index contributed by atoms with van der Waals surface area (Å²) in [5.41, 5.74) is 10.5. The molecule has 1 saturated heterocycles. The van der Waals surface area contributed by atoms with Crippen molar-refractivity contribution in [3.8, 4) is 11.5 Å². The molecule has 5 atom stereocenters. The molecule has 1 spiro atoms. The summed E-state index contributed by atoms with van der Waals surface area (Å²) in [5, 5.41) is 32.5. The summed E-state index contributed by atoms with van der Waals surface area (Å²) in [6, 6.07) is 3.41. The molecular weight excluding hydrogens is 648 g/mol. The Morgan fingerprint density at radius 2 is 1.90 bits per heavy atom. The van der Waals surface area contributed by atoms with Crippen LogP contribution < -0.4 is 16.2 Å². The van der Waals surface area contributed by atoms with Gasteiger partial charge in [0.15, 0.2) is 23.6 Å². The van der Waals surface area contributed by atoms with Crippen LogP contribution in [0.25, 0.3) is 0 Å². The molecule has 0 aromatic heterocycles. The van der Waals surface area contributed by atoms with Crippen LogP contribution in [0.5, 0.6) is 11.5 Å². The zero-order valence-electron chi connectivity index (χ0n) is 28.7. The average molecular weight is 697 g/mol.